The van der Waals surface area contributed by atoms with Crippen LogP contribution in [0.3, 0.4) is 0 Å². The lowest BCUT2D eigenvalue weighted by atomic mass is 9.95. The van der Waals surface area contributed by atoms with Crippen LogP contribution >= 0.6 is 11.6 Å². The highest BCUT2D eigenvalue weighted by Crippen LogP contribution is 2.27. The molecule has 0 unspecified atom stereocenters. The molecule has 3 heterocycles. The average molecular weight is 505 g/mol. The van der Waals surface area contributed by atoms with Gasteiger partial charge in [0.15, 0.2) is 0 Å². The van der Waals surface area contributed by atoms with E-state index in [1.165, 1.54) is 0 Å². The van der Waals surface area contributed by atoms with Gasteiger partial charge < -0.3 is 20.5 Å². The normalized spacial score (nSPS) is 20.9. The second-order valence-corrected chi connectivity index (χ2v) is 9.15. The Kier molecular flexibility index (Phi) is 7.09. The van der Waals surface area contributed by atoms with Gasteiger partial charge >= 0.3 is 0 Å². The van der Waals surface area contributed by atoms with Crippen LogP contribution in [0.25, 0.3) is 0 Å². The number of Topliss-reactive ketones (excluding diaryl/α,β-unsaturated/α-hetero) is 1. The Morgan fingerprint density at radius 2 is 1.97 bits per heavy atom. The molecule has 0 spiro atoms. The van der Waals surface area contributed by atoms with Crippen LogP contribution in [0.1, 0.15) is 33.6 Å². The van der Waals surface area contributed by atoms with Crippen LogP contribution in [0.2, 0.25) is 5.02 Å². The Balaban J connectivity index is 1.40. The summed E-state index contributed by atoms with van der Waals surface area (Å²) in [4.78, 5) is 35.3. The number of amides is 1. The molecule has 184 valence electrons. The summed E-state index contributed by atoms with van der Waals surface area (Å²) < 4.78 is 5.71. The number of hydrogen-bond acceptors (Lipinski definition) is 7. The summed E-state index contributed by atoms with van der Waals surface area (Å²) in [6.45, 7) is 0.673. The van der Waals surface area contributed by atoms with Gasteiger partial charge in [-0.1, -0.05) is 29.8 Å². The molecule has 0 aliphatic carbocycles. The molecule has 5 rings (SSSR count). The van der Waals surface area contributed by atoms with Crippen molar-refractivity contribution in [3.63, 3.8) is 0 Å². The number of hydrogen-bond donors (Lipinski definition) is 3. The summed E-state index contributed by atoms with van der Waals surface area (Å²) in [7, 11) is 0. The molecule has 0 bridgehead atoms. The maximum atomic E-state index is 13.7. The number of ketones is 1. The fourth-order valence-electron chi connectivity index (χ4n) is 4.38. The molecular formula is C27H25ClN4O4. The zero-order valence-electron chi connectivity index (χ0n) is 19.4. The number of aliphatic hydroxyl groups is 1. The summed E-state index contributed by atoms with van der Waals surface area (Å²) in [5.74, 6) is -0.638. The first-order valence-corrected chi connectivity index (χ1v) is 12.1. The van der Waals surface area contributed by atoms with Crippen LogP contribution in [0.5, 0.6) is 0 Å². The molecular weight excluding hydrogens is 480 g/mol. The number of carbonyl (C=O) groups excluding carboxylic acids is 2. The van der Waals surface area contributed by atoms with Crippen LogP contribution in [-0.2, 0) is 4.74 Å². The largest absolute Gasteiger partial charge is 0.394 e. The second-order valence-electron chi connectivity index (χ2n) is 8.75. The molecule has 36 heavy (non-hydrogen) atoms. The number of halogens is 1. The fraction of sp³-hybridized carbons (Fsp3) is 0.259. The molecule has 8 nitrogen and oxygen atoms in total. The van der Waals surface area contributed by atoms with E-state index in [-0.39, 0.29) is 53.3 Å². The van der Waals surface area contributed by atoms with Crippen molar-refractivity contribution >= 4 is 40.4 Å². The second kappa shape index (κ2) is 10.6. The van der Waals surface area contributed by atoms with E-state index in [0.29, 0.717) is 30.0 Å². The van der Waals surface area contributed by atoms with E-state index < -0.39 is 0 Å². The van der Waals surface area contributed by atoms with E-state index >= 15 is 0 Å². The molecule has 9 heteroatoms. The minimum atomic E-state index is -0.352. The number of aliphatic imine (C=N–C) groups is 2. The highest BCUT2D eigenvalue weighted by atomic mass is 35.5. The number of nitrogens with one attached hydrogen (secondary N) is 2. The molecule has 2 aromatic carbocycles. The number of rotatable bonds is 7. The zero-order chi connectivity index (χ0) is 25.1. The molecule has 3 aliphatic heterocycles. The first-order valence-electron chi connectivity index (χ1n) is 11.8. The molecule has 3 aliphatic rings. The van der Waals surface area contributed by atoms with Gasteiger partial charge in [-0.25, -0.2) is 0 Å². The first kappa shape index (κ1) is 24.1. The Labute approximate surface area is 213 Å². The number of carbonyl (C=O) groups is 2. The lowest BCUT2D eigenvalue weighted by Crippen LogP contribution is -2.44. The summed E-state index contributed by atoms with van der Waals surface area (Å²) >= 11 is 6.44. The molecule has 2 atom stereocenters. The predicted molar refractivity (Wildman–Crippen MR) is 139 cm³/mol. The van der Waals surface area contributed by atoms with Crippen LogP contribution < -0.4 is 10.6 Å². The lowest BCUT2D eigenvalue weighted by molar-refractivity contribution is -0.0298. The van der Waals surface area contributed by atoms with Crippen molar-refractivity contribution in [1.82, 2.24) is 5.32 Å². The summed E-state index contributed by atoms with van der Waals surface area (Å²) in [5, 5.41) is 15.9. The van der Waals surface area contributed by atoms with Gasteiger partial charge in [0.1, 0.15) is 5.71 Å². The highest BCUT2D eigenvalue weighted by molar-refractivity contribution is 6.55. The predicted octanol–water partition coefficient (Wildman–Crippen LogP) is 3.58. The van der Waals surface area contributed by atoms with Crippen LogP contribution in [0, 0.1) is 0 Å². The number of aliphatic hydroxyl groups excluding tert-OH is 1. The Morgan fingerprint density at radius 1 is 1.14 bits per heavy atom. The van der Waals surface area contributed by atoms with Crippen LogP contribution in [-0.4, -0.2) is 60.1 Å². The van der Waals surface area contributed by atoms with E-state index in [9.17, 15) is 14.7 Å². The molecule has 0 radical (unpaired) electrons. The summed E-state index contributed by atoms with van der Waals surface area (Å²) in [5.41, 5.74) is 3.65. The average Bonchev–Trinajstić information content (AvgIpc) is 3.40. The van der Waals surface area contributed by atoms with Crippen molar-refractivity contribution in [1.29, 1.82) is 0 Å². The van der Waals surface area contributed by atoms with Gasteiger partial charge in [0.05, 0.1) is 42.3 Å². The smallest absolute Gasteiger partial charge is 0.255 e. The number of benzene rings is 2. The van der Waals surface area contributed by atoms with Gasteiger partial charge in [0, 0.05) is 34.6 Å². The molecule has 0 aromatic heterocycles. The van der Waals surface area contributed by atoms with Crippen molar-refractivity contribution in [2.24, 2.45) is 9.98 Å². The third-order valence-corrected chi connectivity index (χ3v) is 6.65. The van der Waals surface area contributed by atoms with Gasteiger partial charge in [-0.15, -0.1) is 0 Å². The Hall–Kier alpha value is -3.59. The van der Waals surface area contributed by atoms with E-state index in [1.807, 2.05) is 12.1 Å². The number of dihydropyridines is 1. The molecule has 1 saturated heterocycles. The lowest BCUT2D eigenvalue weighted by Gasteiger charge is -2.31. The van der Waals surface area contributed by atoms with Gasteiger partial charge in [-0.3, -0.25) is 19.6 Å². The summed E-state index contributed by atoms with van der Waals surface area (Å²) in [6.07, 6.45) is 4.88. The Morgan fingerprint density at radius 3 is 2.72 bits per heavy atom. The number of nitrogens with zero attached hydrogens (tertiary/aromatic N) is 2. The van der Waals surface area contributed by atoms with E-state index in [0.717, 1.165) is 17.7 Å². The van der Waals surface area contributed by atoms with Crippen LogP contribution in [0.15, 0.2) is 82.1 Å². The van der Waals surface area contributed by atoms with Crippen molar-refractivity contribution in [2.75, 3.05) is 25.1 Å². The number of fused-ring (bicyclic) bond motifs is 1. The van der Waals surface area contributed by atoms with Crippen molar-refractivity contribution in [3.05, 3.63) is 88.2 Å². The molecule has 1 amide bonds. The van der Waals surface area contributed by atoms with Gasteiger partial charge in [-0.05, 0) is 49.2 Å². The highest BCUT2D eigenvalue weighted by Gasteiger charge is 2.32. The molecule has 1 fully saturated rings. The standard InChI is InChI=1S/C27H25ClN4O4/c28-22-9-7-17(32-27(35)16-4-2-1-3-5-16)12-21(22)26(34)25-24(20-10-11-29-23(20)13-30-25)31-18-6-8-19(14-33)36-15-18/h1-5,7,9-12,18-19,31,33H,6,8,13-15H2,(H,32,35)/t18-,19+/m1/s1. The number of anilines is 1. The minimum Gasteiger partial charge on any atom is -0.394 e. The van der Waals surface area contributed by atoms with Gasteiger partial charge in [0.2, 0.25) is 5.78 Å². The van der Waals surface area contributed by atoms with Crippen molar-refractivity contribution in [2.45, 2.75) is 25.0 Å². The monoisotopic (exact) mass is 504 g/mol. The van der Waals surface area contributed by atoms with Gasteiger partial charge in [0.25, 0.3) is 5.91 Å². The summed E-state index contributed by atoms with van der Waals surface area (Å²) in [6, 6.07) is 13.6. The topological polar surface area (TPSA) is 112 Å². The van der Waals surface area contributed by atoms with Crippen LogP contribution in [0.4, 0.5) is 5.69 Å². The van der Waals surface area contributed by atoms with E-state index in [1.54, 1.807) is 48.7 Å². The first-order chi connectivity index (χ1) is 17.5. The minimum absolute atomic E-state index is 0.0128. The Bertz CT molecular complexity index is 1310. The van der Waals surface area contributed by atoms with E-state index in [2.05, 4.69) is 20.6 Å². The number of ether oxygens (including phenoxy) is 1. The zero-order valence-corrected chi connectivity index (χ0v) is 20.2. The van der Waals surface area contributed by atoms with Crippen molar-refractivity contribution < 1.29 is 19.4 Å². The fourth-order valence-corrected chi connectivity index (χ4v) is 4.58. The third kappa shape index (κ3) is 5.02. The SMILES string of the molecule is O=C(Nc1ccc(Cl)c(C(=O)C2=NCC3=NC=CC3=C2N[C@@H]2CC[C@@H](CO)OC2)c1)c1ccccc1. The third-order valence-electron chi connectivity index (χ3n) is 6.32. The van der Waals surface area contributed by atoms with Gasteiger partial charge in [-0.2, -0.15) is 0 Å². The number of allylic oxidation sites excluding steroid dienone is 2. The quantitative estimate of drug-likeness (QED) is 0.499. The maximum absolute atomic E-state index is 13.7. The maximum Gasteiger partial charge on any atom is 0.255 e. The van der Waals surface area contributed by atoms with E-state index in [4.69, 9.17) is 16.3 Å². The molecule has 0 saturated carbocycles. The molecule has 3 N–H and O–H groups in total. The molecule has 2 aromatic rings. The van der Waals surface area contributed by atoms with Crippen molar-refractivity contribution in [3.8, 4) is 0 Å².